The van der Waals surface area contributed by atoms with E-state index < -0.39 is 22.4 Å². The van der Waals surface area contributed by atoms with Crippen molar-refractivity contribution in [3.05, 3.63) is 64.0 Å². The Hall–Kier alpha value is -3.17. The summed E-state index contributed by atoms with van der Waals surface area (Å²) in [5.74, 6) is -0.316. The van der Waals surface area contributed by atoms with Crippen LogP contribution < -0.4 is 10.2 Å². The fraction of sp³-hybridized carbons (Fsp3) is 0.400. The van der Waals surface area contributed by atoms with Crippen LogP contribution in [0.15, 0.2) is 42.7 Å². The number of nitrogens with zero attached hydrogens (tertiary/aromatic N) is 3. The van der Waals surface area contributed by atoms with Crippen LogP contribution in [0.3, 0.4) is 0 Å². The van der Waals surface area contributed by atoms with Gasteiger partial charge in [0.1, 0.15) is 5.69 Å². The number of hydrogen-bond acceptors (Lipinski definition) is 5. The van der Waals surface area contributed by atoms with E-state index in [0.29, 0.717) is 45.0 Å². The molecule has 3 rings (SSSR count). The molecule has 1 saturated heterocycles. The highest BCUT2D eigenvalue weighted by Gasteiger charge is 2.34. The molecular weight excluding hydrogens is 401 g/mol. The number of aromatic nitrogens is 1. The Balaban J connectivity index is 1.57. The fourth-order valence-corrected chi connectivity index (χ4v) is 3.52. The lowest BCUT2D eigenvalue weighted by Crippen LogP contribution is -2.41. The van der Waals surface area contributed by atoms with Gasteiger partial charge < -0.3 is 10.2 Å². The third-order valence-electron chi connectivity index (χ3n) is 5.14. The number of rotatable bonds is 6. The first kappa shape index (κ1) is 21.5. The van der Waals surface area contributed by atoms with Crippen LogP contribution in [0, 0.1) is 16.0 Å². The predicted molar refractivity (Wildman–Crippen MR) is 104 cm³/mol. The molecule has 7 nitrogen and oxygen atoms in total. The van der Waals surface area contributed by atoms with Gasteiger partial charge >= 0.3 is 6.18 Å². The van der Waals surface area contributed by atoms with Gasteiger partial charge in [-0.25, -0.2) is 0 Å². The van der Waals surface area contributed by atoms with Crippen molar-refractivity contribution >= 4 is 17.3 Å². The maximum Gasteiger partial charge on any atom is 0.416 e. The summed E-state index contributed by atoms with van der Waals surface area (Å²) < 4.78 is 38.6. The molecule has 1 amide bonds. The number of benzene rings is 1. The number of nitro benzene ring substituents is 1. The SMILES string of the molecule is O=C(NCCc1cccnc1)C1CCN(c2ccc(C(F)(F)F)cc2[N+](=O)[O-])CC1. The molecule has 0 bridgehead atoms. The molecule has 0 saturated carbocycles. The molecule has 0 atom stereocenters. The van der Waals surface area contributed by atoms with E-state index in [1.807, 2.05) is 12.1 Å². The molecule has 2 heterocycles. The molecule has 0 spiro atoms. The van der Waals surface area contributed by atoms with Crippen LogP contribution in [0.5, 0.6) is 0 Å². The molecule has 1 aromatic carbocycles. The number of nitrogens with one attached hydrogen (secondary N) is 1. The Morgan fingerprint density at radius 2 is 2.00 bits per heavy atom. The van der Waals surface area contributed by atoms with Crippen molar-refractivity contribution in [2.24, 2.45) is 5.92 Å². The van der Waals surface area contributed by atoms with Gasteiger partial charge in [0.15, 0.2) is 0 Å². The smallest absolute Gasteiger partial charge is 0.366 e. The maximum absolute atomic E-state index is 12.9. The Bertz CT molecular complexity index is 898. The molecule has 30 heavy (non-hydrogen) atoms. The number of piperidine rings is 1. The maximum atomic E-state index is 12.9. The number of pyridine rings is 1. The van der Waals surface area contributed by atoms with Crippen molar-refractivity contribution in [1.82, 2.24) is 10.3 Å². The third-order valence-corrected chi connectivity index (χ3v) is 5.14. The molecular formula is C20H21F3N4O3. The van der Waals surface area contributed by atoms with Gasteiger partial charge in [0.2, 0.25) is 5.91 Å². The lowest BCUT2D eigenvalue weighted by molar-refractivity contribution is -0.384. The minimum atomic E-state index is -4.65. The second kappa shape index (κ2) is 9.10. The first-order valence-corrected chi connectivity index (χ1v) is 9.53. The van der Waals surface area contributed by atoms with Crippen molar-refractivity contribution in [2.45, 2.75) is 25.4 Å². The summed E-state index contributed by atoms with van der Waals surface area (Å²) in [6.07, 6.45) is 0.368. The summed E-state index contributed by atoms with van der Waals surface area (Å²) >= 11 is 0. The number of hydrogen-bond donors (Lipinski definition) is 1. The van der Waals surface area contributed by atoms with Crippen LogP contribution in [-0.2, 0) is 17.4 Å². The topological polar surface area (TPSA) is 88.4 Å². The molecule has 160 valence electrons. The van der Waals surface area contributed by atoms with Gasteiger partial charge in [-0.2, -0.15) is 13.2 Å². The Labute approximate surface area is 171 Å². The first-order chi connectivity index (χ1) is 14.3. The van der Waals surface area contributed by atoms with Gasteiger partial charge in [-0.3, -0.25) is 19.9 Å². The minimum Gasteiger partial charge on any atom is -0.366 e. The minimum absolute atomic E-state index is 0.0829. The van der Waals surface area contributed by atoms with E-state index in [0.717, 1.165) is 17.7 Å². The fourth-order valence-electron chi connectivity index (χ4n) is 3.52. The van der Waals surface area contributed by atoms with Crippen LogP contribution in [0.25, 0.3) is 0 Å². The quantitative estimate of drug-likeness (QED) is 0.568. The highest BCUT2D eigenvalue weighted by molar-refractivity contribution is 5.79. The highest BCUT2D eigenvalue weighted by atomic mass is 19.4. The third kappa shape index (κ3) is 5.25. The Kier molecular flexibility index (Phi) is 6.53. The summed E-state index contributed by atoms with van der Waals surface area (Å²) in [5, 5.41) is 14.2. The summed E-state index contributed by atoms with van der Waals surface area (Å²) in [6, 6.07) is 6.29. The number of carbonyl (C=O) groups is 1. The van der Waals surface area contributed by atoms with Crippen LogP contribution >= 0.6 is 0 Å². The van der Waals surface area contributed by atoms with Crippen LogP contribution in [0.1, 0.15) is 24.0 Å². The van der Waals surface area contributed by atoms with Gasteiger partial charge in [-0.05, 0) is 43.0 Å². The molecule has 0 aliphatic carbocycles. The second-order valence-corrected chi connectivity index (χ2v) is 7.12. The molecule has 1 aliphatic rings. The molecule has 1 aromatic heterocycles. The highest BCUT2D eigenvalue weighted by Crippen LogP contribution is 2.37. The van der Waals surface area contributed by atoms with Gasteiger partial charge in [-0.1, -0.05) is 6.07 Å². The van der Waals surface area contributed by atoms with E-state index in [1.54, 1.807) is 17.3 Å². The van der Waals surface area contributed by atoms with E-state index in [1.165, 1.54) is 0 Å². The van der Waals surface area contributed by atoms with E-state index in [4.69, 9.17) is 0 Å². The Morgan fingerprint density at radius 1 is 1.27 bits per heavy atom. The summed E-state index contributed by atoms with van der Waals surface area (Å²) in [7, 11) is 0. The Morgan fingerprint density at radius 3 is 2.60 bits per heavy atom. The normalized spacial score (nSPS) is 15.1. The molecule has 0 unspecified atom stereocenters. The van der Waals surface area contributed by atoms with E-state index >= 15 is 0 Å². The number of anilines is 1. The molecule has 1 fully saturated rings. The molecule has 2 aromatic rings. The summed E-state index contributed by atoms with van der Waals surface area (Å²) in [5.41, 5.74) is -0.476. The van der Waals surface area contributed by atoms with Gasteiger partial charge in [0.25, 0.3) is 5.69 Å². The van der Waals surface area contributed by atoms with Crippen LogP contribution in [0.2, 0.25) is 0 Å². The second-order valence-electron chi connectivity index (χ2n) is 7.12. The lowest BCUT2D eigenvalue weighted by atomic mass is 9.95. The monoisotopic (exact) mass is 422 g/mol. The molecule has 1 N–H and O–H groups in total. The number of carbonyl (C=O) groups excluding carboxylic acids is 1. The number of nitro groups is 1. The largest absolute Gasteiger partial charge is 0.416 e. The number of halogens is 3. The van der Waals surface area contributed by atoms with Crippen molar-refractivity contribution in [1.29, 1.82) is 0 Å². The summed E-state index contributed by atoms with van der Waals surface area (Å²) in [6.45, 7) is 1.19. The van der Waals surface area contributed by atoms with Crippen molar-refractivity contribution in [2.75, 3.05) is 24.5 Å². The first-order valence-electron chi connectivity index (χ1n) is 9.53. The number of amides is 1. The van der Waals surface area contributed by atoms with Crippen molar-refractivity contribution < 1.29 is 22.9 Å². The van der Waals surface area contributed by atoms with Crippen molar-refractivity contribution in [3.8, 4) is 0 Å². The zero-order valence-electron chi connectivity index (χ0n) is 16.1. The summed E-state index contributed by atoms with van der Waals surface area (Å²) in [4.78, 5) is 28.6. The molecule has 10 heteroatoms. The molecule has 0 radical (unpaired) electrons. The van der Waals surface area contributed by atoms with Crippen LogP contribution in [-0.4, -0.2) is 35.4 Å². The zero-order valence-corrected chi connectivity index (χ0v) is 16.1. The van der Waals surface area contributed by atoms with Gasteiger partial charge in [0, 0.05) is 44.0 Å². The standard InChI is InChI=1S/C20H21F3N4O3/c21-20(22,23)16-3-4-17(18(12-16)27(29)30)26-10-6-15(7-11-26)19(28)25-9-5-14-2-1-8-24-13-14/h1-4,8,12-13,15H,5-7,9-11H2,(H,25,28). The zero-order chi connectivity index (χ0) is 21.7. The predicted octanol–water partition coefficient (Wildman–Crippen LogP) is 3.58. The lowest BCUT2D eigenvalue weighted by Gasteiger charge is -2.32. The van der Waals surface area contributed by atoms with E-state index in [9.17, 15) is 28.1 Å². The number of alkyl halides is 3. The average molecular weight is 422 g/mol. The van der Waals surface area contributed by atoms with Gasteiger partial charge in [-0.15, -0.1) is 0 Å². The molecule has 1 aliphatic heterocycles. The van der Waals surface area contributed by atoms with Crippen LogP contribution in [0.4, 0.5) is 24.5 Å². The van der Waals surface area contributed by atoms with Crippen molar-refractivity contribution in [3.63, 3.8) is 0 Å². The van der Waals surface area contributed by atoms with E-state index in [-0.39, 0.29) is 17.5 Å². The van der Waals surface area contributed by atoms with Gasteiger partial charge in [0.05, 0.1) is 10.5 Å². The van der Waals surface area contributed by atoms with E-state index in [2.05, 4.69) is 10.3 Å². The average Bonchev–Trinajstić information content (AvgIpc) is 2.73.